The van der Waals surface area contributed by atoms with Crippen molar-refractivity contribution in [1.82, 2.24) is 0 Å². The highest BCUT2D eigenvalue weighted by atomic mass is 16.6. The summed E-state index contributed by atoms with van der Waals surface area (Å²) in [7, 11) is 0. The molecule has 392 valence electrons. The molecule has 0 spiro atoms. The summed E-state index contributed by atoms with van der Waals surface area (Å²) < 4.78 is 113. The van der Waals surface area contributed by atoms with Gasteiger partial charge in [-0.3, -0.25) is 0 Å². The molecule has 0 N–H and O–H groups in total. The summed E-state index contributed by atoms with van der Waals surface area (Å²) in [6, 6.07) is 12.6. The van der Waals surface area contributed by atoms with Crippen LogP contribution in [-0.2, 0) is 58.9 Å². The molecule has 73 heavy (non-hydrogen) atoms. The zero-order valence-corrected chi connectivity index (χ0v) is 41.1. The summed E-state index contributed by atoms with van der Waals surface area (Å²) in [6.07, 6.45) is 5.20. The Morgan fingerprint density at radius 2 is 0.521 bits per heavy atom. The predicted molar refractivity (Wildman–Crippen MR) is 253 cm³/mol. The molecule has 4 bridgehead atoms. The van der Waals surface area contributed by atoms with E-state index in [1.54, 1.807) is 0 Å². The lowest BCUT2D eigenvalue weighted by Crippen LogP contribution is -2.62. The first kappa shape index (κ1) is 45.9. The van der Waals surface area contributed by atoms with Crippen LogP contribution in [0.25, 0.3) is 0 Å². The third-order valence-corrected chi connectivity index (χ3v) is 16.3. The molecule has 3 aromatic rings. The van der Waals surface area contributed by atoms with E-state index in [2.05, 4.69) is 18.2 Å². The van der Waals surface area contributed by atoms with Crippen molar-refractivity contribution in [2.45, 2.75) is 110 Å². The lowest BCUT2D eigenvalue weighted by atomic mass is 9.36. The number of epoxide rings is 9. The van der Waals surface area contributed by atoms with Crippen LogP contribution in [0.5, 0.6) is 51.7 Å². The zero-order valence-electron chi connectivity index (χ0n) is 41.1. The number of benzene rings is 3. The Labute approximate surface area is 423 Å². The van der Waals surface area contributed by atoms with Crippen molar-refractivity contribution in [3.8, 4) is 51.7 Å². The molecule has 4 aliphatic carbocycles. The van der Waals surface area contributed by atoms with E-state index in [1.807, 2.05) is 18.2 Å². The molecule has 9 saturated heterocycles. The fourth-order valence-electron chi connectivity index (χ4n) is 12.4. The van der Waals surface area contributed by atoms with Crippen molar-refractivity contribution in [2.24, 2.45) is 5.92 Å². The molecule has 9 atom stereocenters. The molecule has 0 amide bonds. The van der Waals surface area contributed by atoms with E-state index in [9.17, 15) is 0 Å². The topological polar surface area (TPSA) is 196 Å². The van der Waals surface area contributed by atoms with Gasteiger partial charge in [0, 0.05) is 51.1 Å². The quantitative estimate of drug-likeness (QED) is 0.0826. The van der Waals surface area contributed by atoms with E-state index in [4.69, 9.17) is 85.3 Å². The van der Waals surface area contributed by atoms with Crippen LogP contribution >= 0.6 is 0 Å². The van der Waals surface area contributed by atoms with Crippen LogP contribution in [0, 0.1) is 5.92 Å². The minimum atomic E-state index is -0.514. The average molecular weight is 1010 g/mol. The molecule has 3 aromatic carbocycles. The largest absolute Gasteiger partial charge is 0.491 e. The molecule has 13 aliphatic rings. The van der Waals surface area contributed by atoms with Gasteiger partial charge in [0.15, 0.2) is 34.5 Å². The fourth-order valence-corrected chi connectivity index (χ4v) is 12.4. The van der Waals surface area contributed by atoms with Gasteiger partial charge in [0.05, 0.1) is 59.5 Å². The van der Waals surface area contributed by atoms with E-state index in [0.29, 0.717) is 171 Å². The monoisotopic (exact) mass is 1010 g/mol. The molecule has 16 rings (SSSR count). The van der Waals surface area contributed by atoms with E-state index in [1.165, 1.54) is 0 Å². The van der Waals surface area contributed by atoms with Crippen molar-refractivity contribution in [3.63, 3.8) is 0 Å². The van der Waals surface area contributed by atoms with Crippen molar-refractivity contribution in [3.05, 3.63) is 53.1 Å². The van der Waals surface area contributed by atoms with Crippen LogP contribution in [0.2, 0.25) is 0 Å². The maximum absolute atomic E-state index is 7.04. The Balaban J connectivity index is 0.926. The second-order valence-corrected chi connectivity index (χ2v) is 22.6. The second-order valence-electron chi connectivity index (χ2n) is 22.6. The third-order valence-electron chi connectivity index (χ3n) is 16.3. The lowest BCUT2D eigenvalue weighted by Gasteiger charge is -2.67. The SMILES string of the molecule is c1c(OCC2CO2)cc(C23CC4CC(c5cc(OCC6CO6)cc(OCC6CO6)c5OCC5CO5)(C2)CC(c2cc(OCC5CO5)cc(OCC5CO5)c2OCC2CO2)(C4)C3)c(OCC2CO2)c1OCC1CO1. The Kier molecular flexibility index (Phi) is 11.5. The molecular weight excluding hydrogens is 949 g/mol. The first-order valence-electron chi connectivity index (χ1n) is 26.6. The number of hydrogen-bond acceptors (Lipinski definition) is 18. The van der Waals surface area contributed by atoms with Gasteiger partial charge < -0.3 is 85.3 Å². The molecule has 4 saturated carbocycles. The minimum Gasteiger partial charge on any atom is -0.491 e. The van der Waals surface area contributed by atoms with Gasteiger partial charge in [0.1, 0.15) is 132 Å². The van der Waals surface area contributed by atoms with E-state index < -0.39 is 16.2 Å². The molecular formula is C55H64O18. The Hall–Kier alpha value is -4.50. The molecule has 0 radical (unpaired) electrons. The highest BCUT2D eigenvalue weighted by molar-refractivity contribution is 5.63. The standard InChI is InChI=1S/C55H64O18/c1-32(56-10-35-13-59-35)4-47(68-22-38-16-62-38)50(71-25-41-19-65-41)44(1)53-7-31-8-54(28-53,45-2-33(57-11-36-14-60-36)5-48(69-23-39-17-63-39)51(45)72-26-42-20-66-42)30-55(9-31,29-53)46-3-34(58-12-37-15-61-37)6-49(70-24-40-18-64-40)52(46)73-27-43-21-67-43/h1-6,31,35-43H,7-30H2. The second kappa shape index (κ2) is 18.4. The van der Waals surface area contributed by atoms with Crippen LogP contribution in [0.4, 0.5) is 0 Å². The number of rotatable bonds is 30. The van der Waals surface area contributed by atoms with Crippen molar-refractivity contribution >= 4 is 0 Å². The summed E-state index contributed by atoms with van der Waals surface area (Å²) >= 11 is 0. The number of ether oxygens (including phenoxy) is 18. The van der Waals surface area contributed by atoms with Gasteiger partial charge in [0.2, 0.25) is 0 Å². The molecule has 0 aromatic heterocycles. The first-order valence-corrected chi connectivity index (χ1v) is 26.6. The molecule has 18 heteroatoms. The summed E-state index contributed by atoms with van der Waals surface area (Å²) in [4.78, 5) is 0. The van der Waals surface area contributed by atoms with Crippen molar-refractivity contribution < 1.29 is 85.3 Å². The van der Waals surface area contributed by atoms with Gasteiger partial charge in [-0.15, -0.1) is 0 Å². The molecule has 13 fully saturated rings. The summed E-state index contributed by atoms with van der Waals surface area (Å²) in [5.74, 6) is 6.39. The molecule has 9 aliphatic heterocycles. The fraction of sp³-hybridized carbons (Fsp3) is 0.673. The third kappa shape index (κ3) is 10.4. The van der Waals surface area contributed by atoms with E-state index >= 15 is 0 Å². The van der Waals surface area contributed by atoms with Crippen LogP contribution in [-0.4, -0.2) is 174 Å². The lowest BCUT2D eigenvalue weighted by molar-refractivity contribution is -0.0525. The molecule has 18 nitrogen and oxygen atoms in total. The Bertz CT molecular complexity index is 2250. The maximum atomic E-state index is 7.04. The van der Waals surface area contributed by atoms with Gasteiger partial charge in [-0.05, 0) is 62.6 Å². The van der Waals surface area contributed by atoms with Gasteiger partial charge >= 0.3 is 0 Å². The van der Waals surface area contributed by atoms with E-state index in [-0.39, 0.29) is 60.9 Å². The molecule has 9 unspecified atom stereocenters. The summed E-state index contributed by atoms with van der Waals surface area (Å²) in [5, 5.41) is 0. The van der Waals surface area contributed by atoms with Crippen molar-refractivity contribution in [1.29, 1.82) is 0 Å². The smallest absolute Gasteiger partial charge is 0.165 e. The van der Waals surface area contributed by atoms with Crippen LogP contribution in [0.1, 0.15) is 55.2 Å². The van der Waals surface area contributed by atoms with E-state index in [0.717, 1.165) is 55.2 Å². The predicted octanol–water partition coefficient (Wildman–Crippen LogP) is 4.80. The highest BCUT2D eigenvalue weighted by Crippen LogP contribution is 2.74. The van der Waals surface area contributed by atoms with Gasteiger partial charge in [-0.25, -0.2) is 0 Å². The summed E-state index contributed by atoms with van der Waals surface area (Å²) in [6.45, 7) is 9.61. The van der Waals surface area contributed by atoms with Gasteiger partial charge in [0.25, 0.3) is 0 Å². The van der Waals surface area contributed by atoms with Crippen molar-refractivity contribution in [2.75, 3.05) is 119 Å². The summed E-state index contributed by atoms with van der Waals surface area (Å²) in [5.41, 5.74) is 1.61. The normalized spacial score (nSPS) is 36.7. The Morgan fingerprint density at radius 1 is 0.301 bits per heavy atom. The highest BCUT2D eigenvalue weighted by Gasteiger charge is 2.67. The van der Waals surface area contributed by atoms with Gasteiger partial charge in [-0.1, -0.05) is 0 Å². The van der Waals surface area contributed by atoms with Crippen LogP contribution < -0.4 is 42.6 Å². The first-order chi connectivity index (χ1) is 35.9. The van der Waals surface area contributed by atoms with Gasteiger partial charge in [-0.2, -0.15) is 0 Å². The average Bonchev–Trinajstić information content (AvgIpc) is 4.22. The maximum Gasteiger partial charge on any atom is 0.165 e. The Morgan fingerprint density at radius 3 is 0.753 bits per heavy atom. The molecule has 9 heterocycles. The zero-order chi connectivity index (χ0) is 48.1. The van der Waals surface area contributed by atoms with Crippen LogP contribution in [0.3, 0.4) is 0 Å². The van der Waals surface area contributed by atoms with Crippen LogP contribution in [0.15, 0.2) is 36.4 Å². The minimum absolute atomic E-state index is 0.00115. The number of hydrogen-bond donors (Lipinski definition) is 0.